The number of nitrogens with zero attached hydrogens (tertiary/aromatic N) is 2. The van der Waals surface area contributed by atoms with Gasteiger partial charge >= 0.3 is 5.97 Å². The quantitative estimate of drug-likeness (QED) is 0.660. The molecule has 138 valence electrons. The van der Waals surface area contributed by atoms with Gasteiger partial charge in [0.05, 0.1) is 18.6 Å². The predicted octanol–water partition coefficient (Wildman–Crippen LogP) is 0.565. The number of ether oxygens (including phenoxy) is 1. The Labute approximate surface area is 150 Å². The molecule has 1 aliphatic rings. The Morgan fingerprint density at radius 3 is 2.40 bits per heavy atom. The Kier molecular flexibility index (Phi) is 6.79. The molecule has 7 nitrogen and oxygen atoms in total. The third-order valence-electron chi connectivity index (χ3n) is 3.72. The summed E-state index contributed by atoms with van der Waals surface area (Å²) >= 11 is 1.15. The van der Waals surface area contributed by atoms with Crippen LogP contribution in [-0.4, -0.2) is 74.3 Å². The van der Waals surface area contributed by atoms with E-state index < -0.39 is 21.8 Å². The zero-order chi connectivity index (χ0) is 18.4. The van der Waals surface area contributed by atoms with E-state index in [0.29, 0.717) is 0 Å². The number of sulfonamides is 1. The van der Waals surface area contributed by atoms with Crippen molar-refractivity contribution in [3.05, 3.63) is 30.1 Å². The van der Waals surface area contributed by atoms with Gasteiger partial charge in [-0.3, -0.25) is 9.59 Å². The van der Waals surface area contributed by atoms with Gasteiger partial charge in [-0.15, -0.1) is 11.8 Å². The topological polar surface area (TPSA) is 84.0 Å². The maximum atomic E-state index is 13.8. The van der Waals surface area contributed by atoms with Crippen molar-refractivity contribution < 1.29 is 27.1 Å². The lowest BCUT2D eigenvalue weighted by molar-refractivity contribution is -0.137. The summed E-state index contributed by atoms with van der Waals surface area (Å²) in [6, 6.07) is 5.22. The first-order chi connectivity index (χ1) is 11.9. The number of methoxy groups -OCH3 is 1. The SMILES string of the molecule is COC(=O)CSCC(=O)N1CCN(S(=O)(=O)c2ccccc2F)CC1. The number of amides is 1. The molecule has 0 unspecified atom stereocenters. The van der Waals surface area contributed by atoms with Crippen molar-refractivity contribution in [1.29, 1.82) is 0 Å². The number of rotatable bonds is 6. The first-order valence-corrected chi connectivity index (χ1v) is 10.1. The molecule has 0 radical (unpaired) electrons. The van der Waals surface area contributed by atoms with E-state index in [1.165, 1.54) is 34.5 Å². The highest BCUT2D eigenvalue weighted by Crippen LogP contribution is 2.20. The lowest BCUT2D eigenvalue weighted by Crippen LogP contribution is -2.51. The van der Waals surface area contributed by atoms with Gasteiger partial charge in [0, 0.05) is 26.2 Å². The van der Waals surface area contributed by atoms with Crippen molar-refractivity contribution >= 4 is 33.7 Å². The van der Waals surface area contributed by atoms with Crippen LogP contribution in [0, 0.1) is 5.82 Å². The molecule has 10 heteroatoms. The number of carbonyl (C=O) groups is 2. The fourth-order valence-electron chi connectivity index (χ4n) is 2.34. The molecular weight excluding hydrogens is 371 g/mol. The Hall–Kier alpha value is -1.65. The second-order valence-corrected chi connectivity index (χ2v) is 8.18. The van der Waals surface area contributed by atoms with Gasteiger partial charge in [0.25, 0.3) is 0 Å². The summed E-state index contributed by atoms with van der Waals surface area (Å²) in [5.74, 6) is -1.16. The van der Waals surface area contributed by atoms with E-state index >= 15 is 0 Å². The van der Waals surface area contributed by atoms with Gasteiger partial charge in [-0.1, -0.05) is 12.1 Å². The van der Waals surface area contributed by atoms with Crippen molar-refractivity contribution in [2.45, 2.75) is 4.90 Å². The van der Waals surface area contributed by atoms with Gasteiger partial charge in [-0.25, -0.2) is 12.8 Å². The summed E-state index contributed by atoms with van der Waals surface area (Å²) in [6.07, 6.45) is 0. The zero-order valence-corrected chi connectivity index (χ0v) is 15.3. The summed E-state index contributed by atoms with van der Waals surface area (Å²) in [5.41, 5.74) is 0. The highest BCUT2D eigenvalue weighted by Gasteiger charge is 2.31. The van der Waals surface area contributed by atoms with Gasteiger partial charge in [0.2, 0.25) is 15.9 Å². The highest BCUT2D eigenvalue weighted by atomic mass is 32.2. The maximum absolute atomic E-state index is 13.8. The van der Waals surface area contributed by atoms with E-state index in [-0.39, 0.29) is 48.5 Å². The number of thioether (sulfide) groups is 1. The molecule has 25 heavy (non-hydrogen) atoms. The van der Waals surface area contributed by atoms with Crippen molar-refractivity contribution in [3.8, 4) is 0 Å². The highest BCUT2D eigenvalue weighted by molar-refractivity contribution is 8.00. The normalized spacial score (nSPS) is 15.8. The van der Waals surface area contributed by atoms with Crippen LogP contribution < -0.4 is 0 Å². The molecule has 1 amide bonds. The lowest BCUT2D eigenvalue weighted by atomic mass is 10.3. The zero-order valence-electron chi connectivity index (χ0n) is 13.7. The second kappa shape index (κ2) is 8.63. The molecule has 0 N–H and O–H groups in total. The third kappa shape index (κ3) is 4.93. The molecule has 0 atom stereocenters. The minimum absolute atomic E-state index is 0.0872. The Balaban J connectivity index is 1.90. The molecule has 2 rings (SSSR count). The number of hydrogen-bond acceptors (Lipinski definition) is 6. The lowest BCUT2D eigenvalue weighted by Gasteiger charge is -2.34. The van der Waals surface area contributed by atoms with Crippen LogP contribution in [0.15, 0.2) is 29.2 Å². The van der Waals surface area contributed by atoms with Crippen molar-refractivity contribution in [2.24, 2.45) is 0 Å². The summed E-state index contributed by atoms with van der Waals surface area (Å²) in [6.45, 7) is 0.657. The monoisotopic (exact) mass is 390 g/mol. The molecule has 1 aliphatic heterocycles. The third-order valence-corrected chi connectivity index (χ3v) is 6.54. The van der Waals surface area contributed by atoms with Crippen LogP contribution in [0.1, 0.15) is 0 Å². The van der Waals surface area contributed by atoms with Crippen molar-refractivity contribution in [1.82, 2.24) is 9.21 Å². The fourth-order valence-corrected chi connectivity index (χ4v) is 4.57. The molecule has 1 aromatic carbocycles. The molecule has 0 aliphatic carbocycles. The first-order valence-electron chi connectivity index (χ1n) is 7.53. The Bertz CT molecular complexity index is 733. The van der Waals surface area contributed by atoms with E-state index in [0.717, 1.165) is 17.8 Å². The number of carbonyl (C=O) groups excluding carboxylic acids is 2. The number of piperazine rings is 1. The van der Waals surface area contributed by atoms with Crippen LogP contribution in [0.4, 0.5) is 4.39 Å². The fraction of sp³-hybridized carbons (Fsp3) is 0.467. The van der Waals surface area contributed by atoms with E-state index in [1.54, 1.807) is 0 Å². The Morgan fingerprint density at radius 2 is 1.80 bits per heavy atom. The van der Waals surface area contributed by atoms with Gasteiger partial charge < -0.3 is 9.64 Å². The number of benzene rings is 1. The molecule has 1 saturated heterocycles. The summed E-state index contributed by atoms with van der Waals surface area (Å²) in [7, 11) is -2.64. The van der Waals surface area contributed by atoms with Gasteiger partial charge in [0.1, 0.15) is 10.7 Å². The van der Waals surface area contributed by atoms with E-state index in [2.05, 4.69) is 4.74 Å². The smallest absolute Gasteiger partial charge is 0.315 e. The Morgan fingerprint density at radius 1 is 1.16 bits per heavy atom. The number of halogens is 1. The largest absolute Gasteiger partial charge is 0.468 e. The second-order valence-electron chi connectivity index (χ2n) is 5.28. The predicted molar refractivity (Wildman–Crippen MR) is 91.1 cm³/mol. The minimum Gasteiger partial charge on any atom is -0.468 e. The average Bonchev–Trinajstić information content (AvgIpc) is 2.61. The molecule has 0 saturated carbocycles. The van der Waals surface area contributed by atoms with Crippen molar-refractivity contribution in [3.63, 3.8) is 0 Å². The maximum Gasteiger partial charge on any atom is 0.315 e. The molecule has 1 aromatic rings. The minimum atomic E-state index is -3.92. The molecular formula is C15H19FN2O5S2. The average molecular weight is 390 g/mol. The van der Waals surface area contributed by atoms with Gasteiger partial charge in [0.15, 0.2) is 0 Å². The summed E-state index contributed by atoms with van der Waals surface area (Å²) in [4.78, 5) is 24.3. The van der Waals surface area contributed by atoms with Crippen LogP contribution in [0.2, 0.25) is 0 Å². The number of hydrogen-bond donors (Lipinski definition) is 0. The van der Waals surface area contributed by atoms with Crippen LogP contribution in [0.3, 0.4) is 0 Å². The summed E-state index contributed by atoms with van der Waals surface area (Å²) in [5, 5.41) is 0. The molecule has 1 heterocycles. The van der Waals surface area contributed by atoms with Crippen molar-refractivity contribution in [2.75, 3.05) is 44.8 Å². The van der Waals surface area contributed by atoms with Crippen LogP contribution in [0.25, 0.3) is 0 Å². The molecule has 0 aromatic heterocycles. The summed E-state index contributed by atoms with van der Waals surface area (Å²) < 4.78 is 44.4. The molecule has 0 spiro atoms. The van der Waals surface area contributed by atoms with Gasteiger partial charge in [-0.05, 0) is 12.1 Å². The van der Waals surface area contributed by atoms with Crippen LogP contribution in [0.5, 0.6) is 0 Å². The first kappa shape index (κ1) is 19.7. The molecule has 1 fully saturated rings. The van der Waals surface area contributed by atoms with Crippen LogP contribution in [-0.2, 0) is 24.3 Å². The van der Waals surface area contributed by atoms with E-state index in [4.69, 9.17) is 0 Å². The van der Waals surface area contributed by atoms with E-state index in [9.17, 15) is 22.4 Å². The molecule has 0 bridgehead atoms. The number of esters is 1. The van der Waals surface area contributed by atoms with Crippen LogP contribution >= 0.6 is 11.8 Å². The van der Waals surface area contributed by atoms with Gasteiger partial charge in [-0.2, -0.15) is 4.31 Å². The van der Waals surface area contributed by atoms with E-state index in [1.807, 2.05) is 0 Å². The standard InChI is InChI=1S/C15H19FN2O5S2/c1-23-15(20)11-24-10-14(19)17-6-8-18(9-7-17)25(21,22)13-5-3-2-4-12(13)16/h2-5H,6-11H2,1H3.